The van der Waals surface area contributed by atoms with Gasteiger partial charge in [0, 0.05) is 36.1 Å². The van der Waals surface area contributed by atoms with E-state index in [9.17, 15) is 9.18 Å². The topological polar surface area (TPSA) is 68.3 Å². The Labute approximate surface area is 153 Å². The Kier molecular flexibility index (Phi) is 5.45. The van der Waals surface area contributed by atoms with Gasteiger partial charge in [0.2, 0.25) is 5.91 Å². The Morgan fingerprint density at radius 3 is 2.54 bits per heavy atom. The third kappa shape index (κ3) is 3.98. The summed E-state index contributed by atoms with van der Waals surface area (Å²) in [5.74, 6) is -0.0236. The molecule has 5 heteroatoms. The molecular weight excluding hydrogens is 329 g/mol. The number of halogens is 1. The fourth-order valence-corrected chi connectivity index (χ4v) is 3.52. The van der Waals surface area contributed by atoms with Gasteiger partial charge in [0.1, 0.15) is 5.82 Å². The zero-order valence-corrected chi connectivity index (χ0v) is 15.2. The lowest BCUT2D eigenvalue weighted by molar-refractivity contribution is -0.123. The quantitative estimate of drug-likeness (QED) is 0.857. The second kappa shape index (κ2) is 7.77. The molecule has 0 radical (unpaired) electrons. The van der Waals surface area contributed by atoms with Crippen molar-refractivity contribution in [1.82, 2.24) is 4.98 Å². The number of nitrogens with two attached hydrogens (primary N) is 1. The number of amides is 1. The minimum absolute atomic E-state index is 0.106. The van der Waals surface area contributed by atoms with Crippen molar-refractivity contribution in [3.63, 3.8) is 0 Å². The lowest BCUT2D eigenvalue weighted by Gasteiger charge is -2.20. The number of carbonyl (C=O) groups excluding carboxylic acids is 1. The third-order valence-electron chi connectivity index (χ3n) is 5.08. The first kappa shape index (κ1) is 18.2. The first-order valence-corrected chi connectivity index (χ1v) is 8.98. The van der Waals surface area contributed by atoms with E-state index in [4.69, 9.17) is 5.73 Å². The molecule has 0 saturated heterocycles. The number of hydrogen-bond donors (Lipinski definition) is 1. The van der Waals surface area contributed by atoms with Gasteiger partial charge in [-0.1, -0.05) is 38.1 Å². The molecule has 1 aliphatic rings. The van der Waals surface area contributed by atoms with E-state index >= 15 is 0 Å². The summed E-state index contributed by atoms with van der Waals surface area (Å²) < 4.78 is 13.9. The van der Waals surface area contributed by atoms with Gasteiger partial charge in [-0.3, -0.25) is 14.8 Å². The van der Waals surface area contributed by atoms with Crippen molar-refractivity contribution in [3.05, 3.63) is 54.1 Å². The van der Waals surface area contributed by atoms with Crippen molar-refractivity contribution >= 4 is 11.6 Å². The maximum absolute atomic E-state index is 13.9. The highest BCUT2D eigenvalue weighted by atomic mass is 19.1. The third-order valence-corrected chi connectivity index (χ3v) is 5.08. The van der Waals surface area contributed by atoms with Gasteiger partial charge in [-0.2, -0.15) is 0 Å². The summed E-state index contributed by atoms with van der Waals surface area (Å²) in [4.78, 5) is 20.3. The van der Waals surface area contributed by atoms with Crippen molar-refractivity contribution in [1.29, 1.82) is 0 Å². The zero-order valence-electron chi connectivity index (χ0n) is 15.2. The maximum Gasteiger partial charge on any atom is 0.220 e. The summed E-state index contributed by atoms with van der Waals surface area (Å²) in [7, 11) is 0. The van der Waals surface area contributed by atoms with Crippen LogP contribution in [0.4, 0.5) is 4.39 Å². The number of nitrogens with zero attached hydrogens (tertiary/aromatic N) is 2. The summed E-state index contributed by atoms with van der Waals surface area (Å²) in [5, 5.41) is 0. The van der Waals surface area contributed by atoms with Crippen molar-refractivity contribution in [2.75, 3.05) is 6.54 Å². The molecule has 1 aromatic carbocycles. The smallest absolute Gasteiger partial charge is 0.220 e. The second-order valence-electron chi connectivity index (χ2n) is 7.28. The van der Waals surface area contributed by atoms with Crippen LogP contribution < -0.4 is 5.73 Å². The fraction of sp³-hybridized carbons (Fsp3) is 0.381. The Morgan fingerprint density at radius 2 is 1.92 bits per heavy atom. The van der Waals surface area contributed by atoms with Crippen molar-refractivity contribution in [2.45, 2.75) is 26.7 Å². The Morgan fingerprint density at radius 1 is 1.23 bits per heavy atom. The van der Waals surface area contributed by atoms with Gasteiger partial charge in [0.25, 0.3) is 0 Å². The molecule has 2 N–H and O–H groups in total. The highest BCUT2D eigenvalue weighted by Gasteiger charge is 2.27. The number of aromatic nitrogens is 1. The van der Waals surface area contributed by atoms with E-state index in [2.05, 4.69) is 9.98 Å². The molecule has 1 amide bonds. The molecule has 3 rings (SSSR count). The summed E-state index contributed by atoms with van der Waals surface area (Å²) in [6.07, 6.45) is 4.59. The Balaban J connectivity index is 1.68. The lowest BCUT2D eigenvalue weighted by atomic mass is 9.84. The average molecular weight is 353 g/mol. The van der Waals surface area contributed by atoms with Crippen molar-refractivity contribution in [3.8, 4) is 11.1 Å². The van der Waals surface area contributed by atoms with Crippen LogP contribution in [-0.2, 0) is 4.79 Å². The van der Waals surface area contributed by atoms with E-state index in [1.54, 1.807) is 0 Å². The number of benzene rings is 1. The molecule has 0 spiro atoms. The van der Waals surface area contributed by atoms with E-state index in [1.165, 1.54) is 18.5 Å². The van der Waals surface area contributed by atoms with E-state index in [-0.39, 0.29) is 23.6 Å². The van der Waals surface area contributed by atoms with Crippen LogP contribution >= 0.6 is 0 Å². The number of rotatable bonds is 6. The number of hydrogen-bond acceptors (Lipinski definition) is 3. The molecule has 2 aromatic rings. The minimum atomic E-state index is -0.280. The molecule has 0 aliphatic carbocycles. The molecule has 1 aromatic heterocycles. The van der Waals surface area contributed by atoms with Gasteiger partial charge in [-0.05, 0) is 41.9 Å². The van der Waals surface area contributed by atoms with Crippen LogP contribution in [-0.4, -0.2) is 23.1 Å². The van der Waals surface area contributed by atoms with Crippen LogP contribution in [0.15, 0.2) is 47.7 Å². The number of aliphatic imine (C=N–C) groups is 1. The van der Waals surface area contributed by atoms with E-state index in [1.807, 2.05) is 38.1 Å². The average Bonchev–Trinajstić information content (AvgIpc) is 3.08. The molecule has 1 aliphatic heterocycles. The number of pyridine rings is 1. The zero-order chi connectivity index (χ0) is 18.7. The molecule has 0 fully saturated rings. The van der Waals surface area contributed by atoms with Crippen LogP contribution in [0.5, 0.6) is 0 Å². The van der Waals surface area contributed by atoms with Gasteiger partial charge >= 0.3 is 0 Å². The van der Waals surface area contributed by atoms with Gasteiger partial charge in [-0.15, -0.1) is 0 Å². The second-order valence-corrected chi connectivity index (χ2v) is 7.28. The monoisotopic (exact) mass is 353 g/mol. The molecule has 0 bridgehead atoms. The maximum atomic E-state index is 13.9. The van der Waals surface area contributed by atoms with Gasteiger partial charge in [0.05, 0.1) is 0 Å². The molecule has 2 atom stereocenters. The van der Waals surface area contributed by atoms with Crippen molar-refractivity contribution in [2.24, 2.45) is 28.5 Å². The summed E-state index contributed by atoms with van der Waals surface area (Å²) in [6.45, 7) is 4.79. The Bertz CT molecular complexity index is 814. The Hall–Kier alpha value is -2.56. The number of primary amides is 1. The molecule has 136 valence electrons. The van der Waals surface area contributed by atoms with Crippen LogP contribution in [0.25, 0.3) is 11.1 Å². The predicted molar refractivity (Wildman–Crippen MR) is 101 cm³/mol. The highest BCUT2D eigenvalue weighted by Crippen LogP contribution is 2.29. The van der Waals surface area contributed by atoms with Crippen LogP contribution in [0.2, 0.25) is 0 Å². The van der Waals surface area contributed by atoms with E-state index in [0.29, 0.717) is 11.5 Å². The lowest BCUT2D eigenvalue weighted by Crippen LogP contribution is -2.29. The molecular formula is C21H24FN3O. The molecule has 2 unspecified atom stereocenters. The van der Waals surface area contributed by atoms with E-state index < -0.39 is 0 Å². The normalized spacial score (nSPS) is 18.0. The largest absolute Gasteiger partial charge is 0.369 e. The number of carbonyl (C=O) groups is 1. The van der Waals surface area contributed by atoms with Crippen LogP contribution in [0.1, 0.15) is 32.3 Å². The summed E-state index contributed by atoms with van der Waals surface area (Å²) >= 11 is 0. The first-order chi connectivity index (χ1) is 12.5. The predicted octanol–water partition coefficient (Wildman–Crippen LogP) is 3.84. The van der Waals surface area contributed by atoms with Gasteiger partial charge in [0.15, 0.2) is 0 Å². The molecule has 2 heterocycles. The first-order valence-electron chi connectivity index (χ1n) is 8.98. The van der Waals surface area contributed by atoms with Gasteiger partial charge in [-0.25, -0.2) is 4.39 Å². The highest BCUT2D eigenvalue weighted by molar-refractivity contribution is 6.02. The van der Waals surface area contributed by atoms with E-state index in [0.717, 1.165) is 36.2 Å². The minimum Gasteiger partial charge on any atom is -0.369 e. The van der Waals surface area contributed by atoms with Crippen LogP contribution in [0.3, 0.4) is 0 Å². The summed E-state index contributed by atoms with van der Waals surface area (Å²) in [5.41, 5.74) is 8.90. The molecule has 4 nitrogen and oxygen atoms in total. The molecule has 0 saturated carbocycles. The van der Waals surface area contributed by atoms with Crippen molar-refractivity contribution < 1.29 is 9.18 Å². The van der Waals surface area contributed by atoms with Crippen LogP contribution in [0, 0.1) is 23.6 Å². The standard InChI is InChI=1S/C21H24FN3O/c1-13(2)17(21(23)26)9-14-10-20(25-11-14)16-5-3-15(4-6-16)18-12-24-8-7-19(18)22/h3-8,12-14,17H,9-11H2,1-2H3,(H2,23,26). The summed E-state index contributed by atoms with van der Waals surface area (Å²) in [6, 6.07) is 9.09. The molecule has 26 heavy (non-hydrogen) atoms. The van der Waals surface area contributed by atoms with Gasteiger partial charge < -0.3 is 5.73 Å². The SMILES string of the molecule is CC(C)C(CC1CN=C(c2ccc(-c3cnccc3F)cc2)C1)C(N)=O. The fourth-order valence-electron chi connectivity index (χ4n) is 3.52.